The molecule has 4 nitrogen and oxygen atoms in total. The molecule has 2 rings (SSSR count). The van der Waals surface area contributed by atoms with Crippen molar-refractivity contribution < 1.29 is 18.0 Å². The van der Waals surface area contributed by atoms with Gasteiger partial charge in [-0.25, -0.2) is 0 Å². The van der Waals surface area contributed by atoms with Crippen LogP contribution in [0.1, 0.15) is 38.5 Å². The molecular weight excluding hydrogens is 276 g/mol. The smallest absolute Gasteiger partial charge is 0.377 e. The fourth-order valence-electron chi connectivity index (χ4n) is 3.08. The van der Waals surface area contributed by atoms with Gasteiger partial charge in [0.2, 0.25) is 0 Å². The maximum atomic E-state index is 5.57. The first-order valence-electron chi connectivity index (χ1n) is 7.04. The van der Waals surface area contributed by atoms with E-state index in [0.29, 0.717) is 12.2 Å². The number of rotatable bonds is 8. The summed E-state index contributed by atoms with van der Waals surface area (Å²) < 4.78 is 21.8. The van der Waals surface area contributed by atoms with Crippen LogP contribution in [0.25, 0.3) is 0 Å². The van der Waals surface area contributed by atoms with E-state index >= 15 is 0 Å². The van der Waals surface area contributed by atoms with E-state index in [1.807, 2.05) is 0 Å². The van der Waals surface area contributed by atoms with Gasteiger partial charge in [-0.1, -0.05) is 12.8 Å². The lowest BCUT2D eigenvalue weighted by Gasteiger charge is -2.24. The van der Waals surface area contributed by atoms with Crippen molar-refractivity contribution >= 4 is 19.8 Å². The molecule has 3 unspecified atom stereocenters. The molecule has 0 spiro atoms. The maximum absolute atomic E-state index is 5.57. The zero-order chi connectivity index (χ0) is 13.0. The zero-order valence-corrected chi connectivity index (χ0v) is 12.8. The van der Waals surface area contributed by atoms with Gasteiger partial charge in [0.15, 0.2) is 0 Å². The average Bonchev–Trinajstić information content (AvgIpc) is 3.18. The molecule has 1 heterocycles. The fraction of sp³-hybridized carbons (Fsp3) is 1.00. The van der Waals surface area contributed by atoms with Gasteiger partial charge in [-0.15, -0.1) is 0 Å². The SMILES string of the molecule is CO[Si](CCCCC1CCC2OC2C1)(OC)OC.[SiH4]. The molecule has 0 aromatic heterocycles. The zero-order valence-electron chi connectivity index (χ0n) is 11.8. The van der Waals surface area contributed by atoms with Gasteiger partial charge in [0.05, 0.1) is 12.2 Å². The largest absolute Gasteiger partial charge is 0.500 e. The minimum Gasteiger partial charge on any atom is -0.377 e. The predicted molar refractivity (Wildman–Crippen MR) is 82.8 cm³/mol. The summed E-state index contributed by atoms with van der Waals surface area (Å²) in [7, 11) is 2.72. The first kappa shape index (κ1) is 17.3. The molecule has 0 N–H and O–H groups in total. The Balaban J connectivity index is 0.00000180. The van der Waals surface area contributed by atoms with E-state index in [1.54, 1.807) is 21.3 Å². The summed E-state index contributed by atoms with van der Waals surface area (Å²) in [4.78, 5) is 0. The molecule has 0 aromatic rings. The lowest BCUT2D eigenvalue weighted by Crippen LogP contribution is -2.42. The van der Waals surface area contributed by atoms with E-state index in [-0.39, 0.29) is 11.0 Å². The molecule has 0 bridgehead atoms. The first-order valence-corrected chi connectivity index (χ1v) is 8.97. The predicted octanol–water partition coefficient (Wildman–Crippen LogP) is 1.15. The molecule has 1 aliphatic carbocycles. The Bertz CT molecular complexity index is 253. The Kier molecular flexibility index (Phi) is 7.20. The quantitative estimate of drug-likeness (QED) is 0.383. The summed E-state index contributed by atoms with van der Waals surface area (Å²) >= 11 is 0. The molecule has 6 heteroatoms. The number of unbranched alkanes of at least 4 members (excludes halogenated alkanes) is 1. The summed E-state index contributed by atoms with van der Waals surface area (Å²) in [6.45, 7) is 0. The van der Waals surface area contributed by atoms with Gasteiger partial charge in [-0.05, 0) is 42.6 Å². The summed E-state index contributed by atoms with van der Waals surface area (Å²) in [6, 6.07) is 0.922. The van der Waals surface area contributed by atoms with E-state index in [1.165, 1.54) is 32.1 Å². The van der Waals surface area contributed by atoms with Crippen LogP contribution in [0.2, 0.25) is 6.04 Å². The second kappa shape index (κ2) is 7.90. The Hall–Kier alpha value is 0.274. The molecule has 2 fully saturated rings. The number of hydrogen-bond donors (Lipinski definition) is 0. The molecule has 1 aliphatic heterocycles. The molecule has 1 saturated carbocycles. The molecule has 0 radical (unpaired) electrons. The van der Waals surface area contributed by atoms with E-state index in [2.05, 4.69) is 0 Å². The Labute approximate surface area is 122 Å². The fourth-order valence-corrected chi connectivity index (χ4v) is 4.88. The van der Waals surface area contributed by atoms with Gasteiger partial charge in [0.1, 0.15) is 0 Å². The minimum absolute atomic E-state index is 0. The van der Waals surface area contributed by atoms with Crippen LogP contribution in [0.5, 0.6) is 0 Å². The van der Waals surface area contributed by atoms with Gasteiger partial charge >= 0.3 is 8.80 Å². The third kappa shape index (κ3) is 4.65. The van der Waals surface area contributed by atoms with Crippen LogP contribution in [0.4, 0.5) is 0 Å². The third-order valence-corrected chi connectivity index (χ3v) is 7.22. The lowest BCUT2D eigenvalue weighted by molar-refractivity contribution is 0.122. The summed E-state index contributed by atoms with van der Waals surface area (Å²) in [5.41, 5.74) is 0. The molecule has 114 valence electrons. The van der Waals surface area contributed by atoms with Crippen molar-refractivity contribution in [3.05, 3.63) is 0 Å². The van der Waals surface area contributed by atoms with Crippen molar-refractivity contribution in [3.8, 4) is 0 Å². The van der Waals surface area contributed by atoms with Crippen molar-refractivity contribution in [2.45, 2.75) is 56.8 Å². The van der Waals surface area contributed by atoms with Crippen LogP contribution >= 0.6 is 0 Å². The third-order valence-electron chi connectivity index (χ3n) is 4.39. The summed E-state index contributed by atoms with van der Waals surface area (Å²) in [5.74, 6) is 0.873. The van der Waals surface area contributed by atoms with Gasteiger partial charge in [0, 0.05) is 27.4 Å². The van der Waals surface area contributed by atoms with Crippen molar-refractivity contribution in [2.24, 2.45) is 5.92 Å². The molecular formula is C13H30O4Si2. The van der Waals surface area contributed by atoms with E-state index in [0.717, 1.165) is 18.4 Å². The minimum atomic E-state index is -2.33. The molecule has 0 aromatic carbocycles. The topological polar surface area (TPSA) is 40.2 Å². The van der Waals surface area contributed by atoms with Gasteiger partial charge in [-0.3, -0.25) is 0 Å². The van der Waals surface area contributed by atoms with E-state index in [4.69, 9.17) is 18.0 Å². The molecule has 3 atom stereocenters. The first-order chi connectivity index (χ1) is 8.73. The van der Waals surface area contributed by atoms with Gasteiger partial charge in [0.25, 0.3) is 0 Å². The number of fused-ring (bicyclic) bond motifs is 1. The second-order valence-corrected chi connectivity index (χ2v) is 8.52. The summed E-state index contributed by atoms with van der Waals surface area (Å²) in [5, 5.41) is 0. The van der Waals surface area contributed by atoms with Crippen molar-refractivity contribution in [3.63, 3.8) is 0 Å². The Morgan fingerprint density at radius 3 is 2.26 bits per heavy atom. The van der Waals surface area contributed by atoms with Crippen LogP contribution in [-0.4, -0.2) is 53.3 Å². The highest BCUT2D eigenvalue weighted by Gasteiger charge is 2.43. The molecule has 2 aliphatic rings. The van der Waals surface area contributed by atoms with Crippen LogP contribution < -0.4 is 0 Å². The highest BCUT2D eigenvalue weighted by Crippen LogP contribution is 2.41. The number of hydrogen-bond acceptors (Lipinski definition) is 4. The molecule has 19 heavy (non-hydrogen) atoms. The van der Waals surface area contributed by atoms with E-state index < -0.39 is 8.80 Å². The highest BCUT2D eigenvalue weighted by molar-refractivity contribution is 6.60. The van der Waals surface area contributed by atoms with E-state index in [9.17, 15) is 0 Å². The molecule has 1 saturated heterocycles. The average molecular weight is 307 g/mol. The Morgan fingerprint density at radius 2 is 1.68 bits per heavy atom. The van der Waals surface area contributed by atoms with Crippen LogP contribution in [0.15, 0.2) is 0 Å². The number of ether oxygens (including phenoxy) is 1. The summed E-state index contributed by atoms with van der Waals surface area (Å²) in [6.07, 6.45) is 8.83. The number of epoxide rings is 1. The van der Waals surface area contributed by atoms with Crippen molar-refractivity contribution in [1.82, 2.24) is 0 Å². The highest BCUT2D eigenvalue weighted by atomic mass is 28.4. The Morgan fingerprint density at radius 1 is 1.00 bits per heavy atom. The lowest BCUT2D eigenvalue weighted by atomic mass is 9.86. The van der Waals surface area contributed by atoms with Crippen LogP contribution in [-0.2, 0) is 18.0 Å². The van der Waals surface area contributed by atoms with Crippen LogP contribution in [0.3, 0.4) is 0 Å². The van der Waals surface area contributed by atoms with Crippen LogP contribution in [0, 0.1) is 5.92 Å². The normalized spacial score (nSPS) is 29.5. The van der Waals surface area contributed by atoms with Gasteiger partial charge < -0.3 is 18.0 Å². The maximum Gasteiger partial charge on any atom is 0.500 e. The monoisotopic (exact) mass is 306 g/mol. The van der Waals surface area contributed by atoms with Crippen molar-refractivity contribution in [1.29, 1.82) is 0 Å². The molecule has 0 amide bonds. The van der Waals surface area contributed by atoms with Crippen molar-refractivity contribution in [2.75, 3.05) is 21.3 Å². The second-order valence-electron chi connectivity index (χ2n) is 5.43. The van der Waals surface area contributed by atoms with Gasteiger partial charge in [-0.2, -0.15) is 0 Å². The standard InChI is InChI=1S/C13H26O4Si.H4Si/c1-14-18(15-2,16-3)9-5-4-6-11-7-8-12-13(10-11)17-12;/h11-13H,4-10H2,1-3H3;1H4.